The number of hydrogen-bond donors (Lipinski definition) is 2. The Labute approximate surface area is 85.2 Å². The molecule has 0 saturated carbocycles. The van der Waals surface area contributed by atoms with Gasteiger partial charge in [-0.1, -0.05) is 21.6 Å². The number of aliphatic carboxylic acids is 1. The van der Waals surface area contributed by atoms with Gasteiger partial charge in [0.05, 0.1) is 6.42 Å². The molecular weight excluding hydrogens is 210 g/mol. The zero-order chi connectivity index (χ0) is 10.1. The number of carbonyl (C=O) groups excluding carboxylic acids is 1. The third-order valence-electron chi connectivity index (χ3n) is 1.04. The van der Waals surface area contributed by atoms with Gasteiger partial charge in [0.1, 0.15) is 0 Å². The average molecular weight is 223 g/mol. The Hall–Kier alpha value is -0.360. The van der Waals surface area contributed by atoms with Crippen molar-refractivity contribution in [1.82, 2.24) is 5.32 Å². The molecule has 0 heterocycles. The van der Waals surface area contributed by atoms with Crippen molar-refractivity contribution in [3.8, 4) is 0 Å². The van der Waals surface area contributed by atoms with E-state index >= 15 is 0 Å². The highest BCUT2D eigenvalue weighted by molar-refractivity contribution is 8.76. The summed E-state index contributed by atoms with van der Waals surface area (Å²) in [5, 5.41) is 11.0. The molecule has 0 fully saturated rings. The molecule has 0 aromatic carbocycles. The number of carbonyl (C=O) groups is 2. The van der Waals surface area contributed by atoms with Crippen LogP contribution >= 0.6 is 21.6 Å². The Bertz CT molecular complexity index is 157. The van der Waals surface area contributed by atoms with Gasteiger partial charge in [-0.2, -0.15) is 0 Å². The second-order valence-corrected chi connectivity index (χ2v) is 4.97. The van der Waals surface area contributed by atoms with Crippen LogP contribution in [0.2, 0.25) is 0 Å². The van der Waals surface area contributed by atoms with Crippen LogP contribution in [0, 0.1) is 0 Å². The number of rotatable bonds is 7. The number of amides is 1. The third-order valence-corrected chi connectivity index (χ3v) is 3.45. The molecule has 6 heteroatoms. The topological polar surface area (TPSA) is 66.4 Å². The largest absolute Gasteiger partial charge is 0.481 e. The van der Waals surface area contributed by atoms with Gasteiger partial charge in [-0.3, -0.25) is 9.59 Å². The van der Waals surface area contributed by atoms with Crippen molar-refractivity contribution in [2.24, 2.45) is 0 Å². The highest BCUT2D eigenvalue weighted by Gasteiger charge is 1.97. The van der Waals surface area contributed by atoms with Crippen molar-refractivity contribution >= 4 is 33.5 Å². The van der Waals surface area contributed by atoms with Crippen LogP contribution in [0.4, 0.5) is 0 Å². The molecular formula is C7H13NO3S2. The zero-order valence-electron chi connectivity index (χ0n) is 7.41. The van der Waals surface area contributed by atoms with Gasteiger partial charge in [-0.15, -0.1) is 0 Å². The predicted octanol–water partition coefficient (Wildman–Crippen LogP) is 0.979. The Morgan fingerprint density at radius 3 is 2.46 bits per heavy atom. The molecule has 0 aliphatic heterocycles. The summed E-state index contributed by atoms with van der Waals surface area (Å²) in [7, 11) is 3.09. The molecule has 76 valence electrons. The molecule has 0 aliphatic rings. The maximum atomic E-state index is 10.4. The van der Waals surface area contributed by atoms with E-state index in [1.54, 1.807) is 10.8 Å². The number of carboxylic acids is 1. The minimum absolute atomic E-state index is 0.0314. The van der Waals surface area contributed by atoms with Crippen LogP contribution < -0.4 is 5.32 Å². The smallest absolute Gasteiger partial charge is 0.304 e. The molecule has 0 atom stereocenters. The molecule has 0 aromatic rings. The van der Waals surface area contributed by atoms with Gasteiger partial charge in [-0.25, -0.2) is 0 Å². The first kappa shape index (κ1) is 12.6. The third kappa shape index (κ3) is 11.6. The first-order chi connectivity index (χ1) is 6.13. The molecule has 4 nitrogen and oxygen atoms in total. The highest BCUT2D eigenvalue weighted by atomic mass is 33.1. The molecule has 0 bridgehead atoms. The molecule has 0 spiro atoms. The van der Waals surface area contributed by atoms with E-state index in [1.807, 2.05) is 0 Å². The normalized spacial score (nSPS) is 9.62. The Morgan fingerprint density at radius 2 is 1.92 bits per heavy atom. The molecule has 2 N–H and O–H groups in total. The van der Waals surface area contributed by atoms with Crippen molar-refractivity contribution in [2.45, 2.75) is 13.3 Å². The van der Waals surface area contributed by atoms with Gasteiger partial charge in [0.15, 0.2) is 0 Å². The zero-order valence-corrected chi connectivity index (χ0v) is 9.04. The van der Waals surface area contributed by atoms with E-state index in [4.69, 9.17) is 5.11 Å². The summed E-state index contributed by atoms with van der Waals surface area (Å²) in [6.45, 7) is 2.11. The second-order valence-electron chi connectivity index (χ2n) is 2.27. The fraction of sp³-hybridized carbons (Fsp3) is 0.714. The van der Waals surface area contributed by atoms with Gasteiger partial charge < -0.3 is 10.4 Å². The summed E-state index contributed by atoms with van der Waals surface area (Å²) < 4.78 is 0. The van der Waals surface area contributed by atoms with Crippen molar-refractivity contribution in [3.05, 3.63) is 0 Å². The lowest BCUT2D eigenvalue weighted by molar-refractivity contribution is -0.136. The SMILES string of the molecule is CC(=O)NCCSSCCC(=O)O. The fourth-order valence-corrected chi connectivity index (χ4v) is 2.40. The first-order valence-electron chi connectivity index (χ1n) is 3.83. The van der Waals surface area contributed by atoms with Crippen LogP contribution in [0.15, 0.2) is 0 Å². The van der Waals surface area contributed by atoms with Crippen molar-refractivity contribution in [2.75, 3.05) is 18.1 Å². The monoisotopic (exact) mass is 223 g/mol. The van der Waals surface area contributed by atoms with Crippen LogP contribution in [0.3, 0.4) is 0 Å². The molecule has 0 radical (unpaired) electrons. The van der Waals surface area contributed by atoms with Gasteiger partial charge in [0.2, 0.25) is 5.91 Å². The molecule has 0 aliphatic carbocycles. The van der Waals surface area contributed by atoms with Crippen LogP contribution in [-0.2, 0) is 9.59 Å². The van der Waals surface area contributed by atoms with Crippen LogP contribution in [0.25, 0.3) is 0 Å². The van der Waals surface area contributed by atoms with Crippen molar-refractivity contribution in [1.29, 1.82) is 0 Å². The summed E-state index contributed by atoms with van der Waals surface area (Å²) in [5.74, 6) is 0.621. The average Bonchev–Trinajstić information content (AvgIpc) is 2.01. The lowest BCUT2D eigenvalue weighted by Crippen LogP contribution is -2.22. The number of nitrogens with one attached hydrogen (secondary N) is 1. The Kier molecular flexibility index (Phi) is 8.02. The lowest BCUT2D eigenvalue weighted by Gasteiger charge is -2.00. The van der Waals surface area contributed by atoms with E-state index in [-0.39, 0.29) is 12.3 Å². The Balaban J connectivity index is 3.00. The molecule has 0 aromatic heterocycles. The van der Waals surface area contributed by atoms with Gasteiger partial charge in [0.25, 0.3) is 0 Å². The van der Waals surface area contributed by atoms with Gasteiger partial charge in [0, 0.05) is 25.0 Å². The number of hydrogen-bond acceptors (Lipinski definition) is 4. The second kappa shape index (κ2) is 8.25. The van der Waals surface area contributed by atoms with Gasteiger partial charge in [-0.05, 0) is 0 Å². The summed E-state index contributed by atoms with van der Waals surface area (Å²) in [5.41, 5.74) is 0. The van der Waals surface area contributed by atoms with Crippen molar-refractivity contribution in [3.63, 3.8) is 0 Å². The summed E-state index contributed by atoms with van der Waals surface area (Å²) in [6, 6.07) is 0. The maximum Gasteiger partial charge on any atom is 0.304 e. The van der Waals surface area contributed by atoms with E-state index in [0.717, 1.165) is 5.75 Å². The molecule has 13 heavy (non-hydrogen) atoms. The lowest BCUT2D eigenvalue weighted by atomic mass is 10.5. The van der Waals surface area contributed by atoms with E-state index in [9.17, 15) is 9.59 Å². The predicted molar refractivity (Wildman–Crippen MR) is 55.9 cm³/mol. The van der Waals surface area contributed by atoms with E-state index in [0.29, 0.717) is 12.3 Å². The van der Waals surface area contributed by atoms with Crippen LogP contribution in [0.1, 0.15) is 13.3 Å². The molecule has 0 saturated heterocycles. The molecule has 1 amide bonds. The van der Waals surface area contributed by atoms with Gasteiger partial charge >= 0.3 is 5.97 Å². The van der Waals surface area contributed by atoms with Crippen LogP contribution in [0.5, 0.6) is 0 Å². The minimum Gasteiger partial charge on any atom is -0.481 e. The highest BCUT2D eigenvalue weighted by Crippen LogP contribution is 2.20. The van der Waals surface area contributed by atoms with Crippen molar-refractivity contribution < 1.29 is 14.7 Å². The first-order valence-corrected chi connectivity index (χ1v) is 6.32. The van der Waals surface area contributed by atoms with E-state index in [1.165, 1.54) is 17.7 Å². The Morgan fingerprint density at radius 1 is 1.31 bits per heavy atom. The molecule has 0 unspecified atom stereocenters. The van der Waals surface area contributed by atoms with E-state index in [2.05, 4.69) is 5.32 Å². The summed E-state index contributed by atoms with van der Waals surface area (Å²) in [6.07, 6.45) is 0.192. The maximum absolute atomic E-state index is 10.4. The summed E-state index contributed by atoms with van der Waals surface area (Å²) in [4.78, 5) is 20.5. The number of carboxylic acid groups (broad SMARTS) is 1. The minimum atomic E-state index is -0.769. The quantitative estimate of drug-likeness (QED) is 0.497. The van der Waals surface area contributed by atoms with Crippen LogP contribution in [-0.4, -0.2) is 35.0 Å². The fourth-order valence-electron chi connectivity index (χ4n) is 0.516. The standard InChI is InChI=1S/C7H13NO3S2/c1-6(9)8-3-5-13-12-4-2-7(10)11/h2-5H2,1H3,(H,8,9)(H,10,11). The summed E-state index contributed by atoms with van der Waals surface area (Å²) >= 11 is 0. The van der Waals surface area contributed by atoms with E-state index < -0.39 is 5.97 Å². The molecule has 0 rings (SSSR count).